The van der Waals surface area contributed by atoms with Crippen LogP contribution in [0.3, 0.4) is 0 Å². The molecule has 6 heteroatoms. The van der Waals surface area contributed by atoms with Crippen LogP contribution in [-0.4, -0.2) is 23.5 Å². The Bertz CT molecular complexity index is 639. The van der Waals surface area contributed by atoms with Crippen molar-refractivity contribution < 1.29 is 14.7 Å². The third kappa shape index (κ3) is 3.59. The minimum atomic E-state index is -0.961. The Labute approximate surface area is 125 Å². The highest BCUT2D eigenvalue weighted by Crippen LogP contribution is 2.21. The first-order valence-corrected chi connectivity index (χ1v) is 7.12. The van der Waals surface area contributed by atoms with Crippen molar-refractivity contribution >= 4 is 34.8 Å². The van der Waals surface area contributed by atoms with Crippen LogP contribution in [0.5, 0.6) is 0 Å². The van der Waals surface area contributed by atoms with E-state index in [-0.39, 0.29) is 11.5 Å². The summed E-state index contributed by atoms with van der Waals surface area (Å²) in [7, 11) is 0. The average molecular weight is 310 g/mol. The van der Waals surface area contributed by atoms with Gasteiger partial charge in [-0.2, -0.15) is 0 Å². The molecule has 1 amide bonds. The Kier molecular flexibility index (Phi) is 4.76. The van der Waals surface area contributed by atoms with E-state index in [0.717, 1.165) is 0 Å². The highest BCUT2D eigenvalue weighted by Gasteiger charge is 2.10. The van der Waals surface area contributed by atoms with Gasteiger partial charge in [-0.15, -0.1) is 11.3 Å². The Morgan fingerprint density at radius 1 is 1.20 bits per heavy atom. The van der Waals surface area contributed by atoms with Crippen molar-refractivity contribution in [2.75, 3.05) is 6.54 Å². The van der Waals surface area contributed by atoms with Crippen molar-refractivity contribution in [3.05, 3.63) is 56.7 Å². The first-order chi connectivity index (χ1) is 9.58. The normalized spacial score (nSPS) is 10.2. The number of thiophene rings is 1. The number of carboxylic acids is 1. The number of carboxylic acid groups (broad SMARTS) is 1. The van der Waals surface area contributed by atoms with E-state index in [4.69, 9.17) is 16.7 Å². The Hall–Kier alpha value is -1.85. The SMILES string of the molecule is O=C(NCCc1ccccc1C(=O)O)c1ccc(Cl)s1. The Morgan fingerprint density at radius 2 is 1.95 bits per heavy atom. The van der Waals surface area contributed by atoms with Crippen LogP contribution in [0.1, 0.15) is 25.6 Å². The number of aromatic carboxylic acids is 1. The van der Waals surface area contributed by atoms with Gasteiger partial charge in [-0.1, -0.05) is 29.8 Å². The summed E-state index contributed by atoms with van der Waals surface area (Å²) in [5.74, 6) is -1.16. The van der Waals surface area contributed by atoms with E-state index in [9.17, 15) is 9.59 Å². The molecule has 0 fully saturated rings. The first kappa shape index (κ1) is 14.6. The predicted octanol–water partition coefficient (Wildman–Crippen LogP) is 3.07. The van der Waals surface area contributed by atoms with Crippen LogP contribution in [0.4, 0.5) is 0 Å². The molecule has 0 bridgehead atoms. The standard InChI is InChI=1S/C14H12ClNO3S/c15-12-6-5-11(20-12)13(17)16-8-7-9-3-1-2-4-10(9)14(18)19/h1-6H,7-8H2,(H,16,17)(H,18,19). The van der Waals surface area contributed by atoms with Gasteiger partial charge in [0.05, 0.1) is 14.8 Å². The fourth-order valence-electron chi connectivity index (χ4n) is 1.78. The van der Waals surface area contributed by atoms with Crippen LogP contribution in [0.15, 0.2) is 36.4 Å². The van der Waals surface area contributed by atoms with E-state index in [1.54, 1.807) is 36.4 Å². The second-order valence-corrected chi connectivity index (χ2v) is 5.79. The summed E-state index contributed by atoms with van der Waals surface area (Å²) >= 11 is 6.97. The van der Waals surface area contributed by atoms with Gasteiger partial charge in [0, 0.05) is 6.54 Å². The number of hydrogen-bond acceptors (Lipinski definition) is 3. The second kappa shape index (κ2) is 6.54. The fourth-order valence-corrected chi connectivity index (χ4v) is 2.74. The number of halogens is 1. The van der Waals surface area contributed by atoms with Crippen LogP contribution in [-0.2, 0) is 6.42 Å². The smallest absolute Gasteiger partial charge is 0.335 e. The molecule has 2 N–H and O–H groups in total. The molecule has 0 aliphatic carbocycles. The molecule has 1 aromatic carbocycles. The molecule has 0 saturated heterocycles. The van der Waals surface area contributed by atoms with Crippen molar-refractivity contribution in [3.8, 4) is 0 Å². The molecule has 0 radical (unpaired) electrons. The summed E-state index contributed by atoms with van der Waals surface area (Å²) in [5.41, 5.74) is 0.963. The van der Waals surface area contributed by atoms with Crippen molar-refractivity contribution in [3.63, 3.8) is 0 Å². The largest absolute Gasteiger partial charge is 0.478 e. The topological polar surface area (TPSA) is 66.4 Å². The van der Waals surface area contributed by atoms with Crippen LogP contribution in [0.2, 0.25) is 4.34 Å². The molecular formula is C14H12ClNO3S. The third-order valence-electron chi connectivity index (χ3n) is 2.72. The molecule has 104 valence electrons. The van der Waals surface area contributed by atoms with Crippen LogP contribution < -0.4 is 5.32 Å². The van der Waals surface area contributed by atoms with Gasteiger partial charge in [-0.3, -0.25) is 4.79 Å². The van der Waals surface area contributed by atoms with Gasteiger partial charge in [0.2, 0.25) is 0 Å². The molecule has 0 aliphatic rings. The molecule has 20 heavy (non-hydrogen) atoms. The van der Waals surface area contributed by atoms with Gasteiger partial charge in [-0.25, -0.2) is 4.79 Å². The highest BCUT2D eigenvalue weighted by molar-refractivity contribution is 7.17. The third-order valence-corrected chi connectivity index (χ3v) is 3.95. The lowest BCUT2D eigenvalue weighted by Gasteiger charge is -2.06. The number of nitrogens with one attached hydrogen (secondary N) is 1. The average Bonchev–Trinajstić information content (AvgIpc) is 2.86. The van der Waals surface area contributed by atoms with E-state index in [0.29, 0.717) is 27.7 Å². The van der Waals surface area contributed by atoms with Gasteiger partial charge in [-0.05, 0) is 30.2 Å². The van der Waals surface area contributed by atoms with E-state index >= 15 is 0 Å². The lowest BCUT2D eigenvalue weighted by molar-refractivity contribution is 0.0695. The number of hydrogen-bond donors (Lipinski definition) is 2. The number of amides is 1. The molecule has 4 nitrogen and oxygen atoms in total. The van der Waals surface area contributed by atoms with E-state index < -0.39 is 5.97 Å². The zero-order chi connectivity index (χ0) is 14.5. The predicted molar refractivity (Wildman–Crippen MR) is 78.8 cm³/mol. The van der Waals surface area contributed by atoms with Crippen molar-refractivity contribution in [2.45, 2.75) is 6.42 Å². The van der Waals surface area contributed by atoms with Gasteiger partial charge >= 0.3 is 5.97 Å². The molecule has 0 saturated carbocycles. The lowest BCUT2D eigenvalue weighted by atomic mass is 10.0. The molecule has 2 aromatic rings. The summed E-state index contributed by atoms with van der Waals surface area (Å²) in [6.45, 7) is 0.374. The summed E-state index contributed by atoms with van der Waals surface area (Å²) in [6, 6.07) is 10.1. The van der Waals surface area contributed by atoms with Crippen LogP contribution >= 0.6 is 22.9 Å². The maximum Gasteiger partial charge on any atom is 0.335 e. The fraction of sp³-hybridized carbons (Fsp3) is 0.143. The molecule has 1 heterocycles. The quantitative estimate of drug-likeness (QED) is 0.892. The van der Waals surface area contributed by atoms with Gasteiger partial charge in [0.15, 0.2) is 0 Å². The van der Waals surface area contributed by atoms with E-state index in [1.807, 2.05) is 0 Å². The molecule has 0 unspecified atom stereocenters. The Morgan fingerprint density at radius 3 is 2.60 bits per heavy atom. The van der Waals surface area contributed by atoms with Crippen LogP contribution in [0.25, 0.3) is 0 Å². The Balaban J connectivity index is 1.93. The summed E-state index contributed by atoms with van der Waals surface area (Å²) in [6.07, 6.45) is 0.466. The number of rotatable bonds is 5. The molecule has 0 atom stereocenters. The molecule has 2 rings (SSSR count). The molecular weight excluding hydrogens is 298 g/mol. The molecule has 0 aliphatic heterocycles. The van der Waals surface area contributed by atoms with Crippen molar-refractivity contribution in [1.29, 1.82) is 0 Å². The first-order valence-electron chi connectivity index (χ1n) is 5.92. The van der Waals surface area contributed by atoms with Crippen molar-refractivity contribution in [2.24, 2.45) is 0 Å². The highest BCUT2D eigenvalue weighted by atomic mass is 35.5. The number of carbonyl (C=O) groups excluding carboxylic acids is 1. The summed E-state index contributed by atoms with van der Waals surface area (Å²) in [5, 5.41) is 11.8. The number of benzene rings is 1. The maximum absolute atomic E-state index is 11.8. The zero-order valence-corrected chi connectivity index (χ0v) is 12.0. The molecule has 1 aromatic heterocycles. The number of carbonyl (C=O) groups is 2. The molecule has 0 spiro atoms. The van der Waals surface area contributed by atoms with E-state index in [1.165, 1.54) is 11.3 Å². The van der Waals surface area contributed by atoms with Crippen molar-refractivity contribution in [1.82, 2.24) is 5.32 Å². The van der Waals surface area contributed by atoms with E-state index in [2.05, 4.69) is 5.32 Å². The minimum Gasteiger partial charge on any atom is -0.478 e. The van der Waals surface area contributed by atoms with Gasteiger partial charge in [0.1, 0.15) is 0 Å². The summed E-state index contributed by atoms with van der Waals surface area (Å²) < 4.78 is 0.561. The van der Waals surface area contributed by atoms with Gasteiger partial charge in [0.25, 0.3) is 5.91 Å². The second-order valence-electron chi connectivity index (χ2n) is 4.07. The lowest BCUT2D eigenvalue weighted by Crippen LogP contribution is -2.25. The monoisotopic (exact) mass is 309 g/mol. The minimum absolute atomic E-state index is 0.199. The zero-order valence-electron chi connectivity index (χ0n) is 10.4. The summed E-state index contributed by atoms with van der Waals surface area (Å²) in [4.78, 5) is 23.4. The van der Waals surface area contributed by atoms with Gasteiger partial charge < -0.3 is 10.4 Å². The van der Waals surface area contributed by atoms with Crippen LogP contribution in [0, 0.1) is 0 Å². The maximum atomic E-state index is 11.8.